The fraction of sp³-hybridized carbons (Fsp3) is 0.182. The molecule has 0 atom stereocenters. The van der Waals surface area contributed by atoms with Crippen LogP contribution in [0.15, 0.2) is 30.5 Å². The van der Waals surface area contributed by atoms with Crippen molar-refractivity contribution in [1.29, 1.82) is 0 Å². The molecule has 0 aliphatic carbocycles. The van der Waals surface area contributed by atoms with E-state index in [0.717, 1.165) is 6.42 Å². The molecule has 0 fully saturated rings. The van der Waals surface area contributed by atoms with Crippen molar-refractivity contribution in [2.75, 3.05) is 5.73 Å². The van der Waals surface area contributed by atoms with Crippen molar-refractivity contribution in [2.24, 2.45) is 0 Å². The highest BCUT2D eigenvalue weighted by Gasteiger charge is 1.99. The summed E-state index contributed by atoms with van der Waals surface area (Å²) in [5, 5.41) is 0.645. The molecular weight excluding hydrogens is 192 g/mol. The SMILES string of the molecule is Cc1ccc(Cc2cnc(N)s2)cc1. The Morgan fingerprint density at radius 1 is 1.29 bits per heavy atom. The summed E-state index contributed by atoms with van der Waals surface area (Å²) < 4.78 is 0. The predicted octanol–water partition coefficient (Wildman–Crippen LogP) is 2.62. The summed E-state index contributed by atoms with van der Waals surface area (Å²) in [7, 11) is 0. The Morgan fingerprint density at radius 3 is 2.57 bits per heavy atom. The average Bonchev–Trinajstić information content (AvgIpc) is 2.56. The lowest BCUT2D eigenvalue weighted by molar-refractivity contribution is 1.21. The third kappa shape index (κ3) is 2.12. The van der Waals surface area contributed by atoms with Gasteiger partial charge >= 0.3 is 0 Å². The van der Waals surface area contributed by atoms with Gasteiger partial charge in [0, 0.05) is 17.5 Å². The molecule has 0 spiro atoms. The molecule has 2 rings (SSSR count). The van der Waals surface area contributed by atoms with Gasteiger partial charge in [-0.2, -0.15) is 0 Å². The van der Waals surface area contributed by atoms with Crippen molar-refractivity contribution in [3.05, 3.63) is 46.5 Å². The molecular formula is C11H12N2S. The monoisotopic (exact) mass is 204 g/mol. The van der Waals surface area contributed by atoms with Gasteiger partial charge in [0.1, 0.15) is 0 Å². The van der Waals surface area contributed by atoms with Crippen molar-refractivity contribution in [1.82, 2.24) is 4.98 Å². The molecule has 72 valence electrons. The molecule has 1 aromatic carbocycles. The summed E-state index contributed by atoms with van der Waals surface area (Å²) in [5.74, 6) is 0. The highest BCUT2D eigenvalue weighted by atomic mass is 32.1. The van der Waals surface area contributed by atoms with E-state index in [2.05, 4.69) is 36.2 Å². The number of anilines is 1. The van der Waals surface area contributed by atoms with E-state index in [1.54, 1.807) is 11.3 Å². The lowest BCUT2D eigenvalue weighted by atomic mass is 10.1. The van der Waals surface area contributed by atoms with Gasteiger partial charge in [0.05, 0.1) is 0 Å². The number of thiazole rings is 1. The smallest absolute Gasteiger partial charge is 0.180 e. The van der Waals surface area contributed by atoms with Gasteiger partial charge in [-0.15, -0.1) is 11.3 Å². The Balaban J connectivity index is 2.15. The largest absolute Gasteiger partial charge is 0.375 e. The molecule has 0 amide bonds. The number of nitrogens with zero attached hydrogens (tertiary/aromatic N) is 1. The second-order valence-electron chi connectivity index (χ2n) is 3.33. The van der Waals surface area contributed by atoms with Crippen molar-refractivity contribution in [3.63, 3.8) is 0 Å². The zero-order chi connectivity index (χ0) is 9.97. The van der Waals surface area contributed by atoms with Crippen LogP contribution >= 0.6 is 11.3 Å². The van der Waals surface area contributed by atoms with Gasteiger partial charge in [0.2, 0.25) is 0 Å². The molecule has 0 unspecified atom stereocenters. The first kappa shape index (κ1) is 9.21. The van der Waals surface area contributed by atoms with Crippen LogP contribution < -0.4 is 5.73 Å². The van der Waals surface area contributed by atoms with Crippen LogP contribution in [0.25, 0.3) is 0 Å². The highest BCUT2D eigenvalue weighted by Crippen LogP contribution is 2.18. The molecule has 2 aromatic rings. The molecule has 0 radical (unpaired) electrons. The minimum absolute atomic E-state index is 0.645. The van der Waals surface area contributed by atoms with Crippen LogP contribution in [0.2, 0.25) is 0 Å². The first-order valence-electron chi connectivity index (χ1n) is 4.50. The van der Waals surface area contributed by atoms with Crippen molar-refractivity contribution in [2.45, 2.75) is 13.3 Å². The predicted molar refractivity (Wildman–Crippen MR) is 60.5 cm³/mol. The van der Waals surface area contributed by atoms with E-state index in [1.807, 2.05) is 6.20 Å². The van der Waals surface area contributed by atoms with E-state index in [0.29, 0.717) is 5.13 Å². The van der Waals surface area contributed by atoms with Crippen molar-refractivity contribution in [3.8, 4) is 0 Å². The van der Waals surface area contributed by atoms with E-state index in [-0.39, 0.29) is 0 Å². The fourth-order valence-corrected chi connectivity index (χ4v) is 2.03. The molecule has 14 heavy (non-hydrogen) atoms. The maximum atomic E-state index is 5.56. The molecule has 0 saturated carbocycles. The first-order valence-corrected chi connectivity index (χ1v) is 5.31. The molecule has 0 aliphatic rings. The van der Waals surface area contributed by atoms with Crippen molar-refractivity contribution >= 4 is 16.5 Å². The Labute approximate surface area is 87.4 Å². The zero-order valence-electron chi connectivity index (χ0n) is 8.03. The van der Waals surface area contributed by atoms with Crippen LogP contribution in [0.3, 0.4) is 0 Å². The molecule has 1 aromatic heterocycles. The molecule has 2 N–H and O–H groups in total. The standard InChI is InChI=1S/C11H12N2S/c1-8-2-4-9(5-3-8)6-10-7-13-11(12)14-10/h2-5,7H,6H2,1H3,(H2,12,13). The van der Waals surface area contributed by atoms with Crippen LogP contribution in [-0.4, -0.2) is 4.98 Å². The number of rotatable bonds is 2. The Bertz CT molecular complexity index is 417. The number of hydrogen-bond donors (Lipinski definition) is 1. The van der Waals surface area contributed by atoms with E-state index in [9.17, 15) is 0 Å². The number of nitrogen functional groups attached to an aromatic ring is 1. The lowest BCUT2D eigenvalue weighted by Crippen LogP contribution is -1.84. The second-order valence-corrected chi connectivity index (χ2v) is 4.47. The van der Waals surface area contributed by atoms with Crippen LogP contribution in [0.5, 0.6) is 0 Å². The molecule has 3 heteroatoms. The topological polar surface area (TPSA) is 38.9 Å². The van der Waals surface area contributed by atoms with Crippen LogP contribution in [0, 0.1) is 6.92 Å². The van der Waals surface area contributed by atoms with Crippen LogP contribution in [-0.2, 0) is 6.42 Å². The van der Waals surface area contributed by atoms with Gasteiger partial charge in [-0.1, -0.05) is 29.8 Å². The van der Waals surface area contributed by atoms with Gasteiger partial charge in [0.25, 0.3) is 0 Å². The van der Waals surface area contributed by atoms with E-state index >= 15 is 0 Å². The molecule has 0 saturated heterocycles. The maximum absolute atomic E-state index is 5.56. The van der Waals surface area contributed by atoms with E-state index < -0.39 is 0 Å². The fourth-order valence-electron chi connectivity index (χ4n) is 1.31. The van der Waals surface area contributed by atoms with Gasteiger partial charge in [0.15, 0.2) is 5.13 Å². The third-order valence-corrected chi connectivity index (χ3v) is 2.90. The van der Waals surface area contributed by atoms with Gasteiger partial charge in [-0.05, 0) is 12.5 Å². The Morgan fingerprint density at radius 2 is 2.00 bits per heavy atom. The summed E-state index contributed by atoms with van der Waals surface area (Å²) in [6.45, 7) is 2.09. The lowest BCUT2D eigenvalue weighted by Gasteiger charge is -1.98. The Hall–Kier alpha value is -1.35. The maximum Gasteiger partial charge on any atom is 0.180 e. The normalized spacial score (nSPS) is 10.4. The van der Waals surface area contributed by atoms with Crippen molar-refractivity contribution < 1.29 is 0 Å². The average molecular weight is 204 g/mol. The highest BCUT2D eigenvalue weighted by molar-refractivity contribution is 7.15. The summed E-state index contributed by atoms with van der Waals surface area (Å²) >= 11 is 1.55. The minimum atomic E-state index is 0.645. The van der Waals surface area contributed by atoms with Gasteiger partial charge < -0.3 is 5.73 Å². The number of benzene rings is 1. The number of nitrogens with two attached hydrogens (primary N) is 1. The van der Waals surface area contributed by atoms with E-state index in [1.165, 1.54) is 16.0 Å². The summed E-state index contributed by atoms with van der Waals surface area (Å²) in [6, 6.07) is 8.54. The summed E-state index contributed by atoms with van der Waals surface area (Å²) in [4.78, 5) is 5.24. The number of aromatic nitrogens is 1. The third-order valence-electron chi connectivity index (χ3n) is 2.07. The van der Waals surface area contributed by atoms with Gasteiger partial charge in [-0.3, -0.25) is 0 Å². The minimum Gasteiger partial charge on any atom is -0.375 e. The molecule has 0 bridgehead atoms. The zero-order valence-corrected chi connectivity index (χ0v) is 8.84. The molecule has 2 nitrogen and oxygen atoms in total. The molecule has 0 aliphatic heterocycles. The Kier molecular flexibility index (Phi) is 2.50. The first-order chi connectivity index (χ1) is 6.74. The van der Waals surface area contributed by atoms with E-state index in [4.69, 9.17) is 5.73 Å². The summed E-state index contributed by atoms with van der Waals surface area (Å²) in [5.41, 5.74) is 8.16. The van der Waals surface area contributed by atoms with Crippen LogP contribution in [0.1, 0.15) is 16.0 Å². The van der Waals surface area contributed by atoms with Crippen LogP contribution in [0.4, 0.5) is 5.13 Å². The van der Waals surface area contributed by atoms with Gasteiger partial charge in [-0.25, -0.2) is 4.98 Å². The number of hydrogen-bond acceptors (Lipinski definition) is 3. The second kappa shape index (κ2) is 3.80. The summed E-state index contributed by atoms with van der Waals surface area (Å²) in [6.07, 6.45) is 2.77. The molecule has 1 heterocycles. The quantitative estimate of drug-likeness (QED) is 0.816. The number of aryl methyl sites for hydroxylation is 1.